The number of tetrazole rings is 1. The van der Waals surface area contributed by atoms with Crippen molar-refractivity contribution in [3.63, 3.8) is 0 Å². The first-order valence-electron chi connectivity index (χ1n) is 11.5. The first kappa shape index (κ1) is 24.5. The van der Waals surface area contributed by atoms with Crippen LogP contribution in [0.1, 0.15) is 35.4 Å². The molecule has 1 N–H and O–H groups in total. The molecule has 0 spiro atoms. The Kier molecular flexibility index (Phi) is 6.93. The van der Waals surface area contributed by atoms with Crippen LogP contribution in [-0.4, -0.2) is 20.6 Å². The van der Waals surface area contributed by atoms with Gasteiger partial charge in [-0.2, -0.15) is 18.4 Å². The fourth-order valence-electron chi connectivity index (χ4n) is 4.18. The van der Waals surface area contributed by atoms with E-state index in [-0.39, 0.29) is 18.1 Å². The van der Waals surface area contributed by atoms with Crippen molar-refractivity contribution < 1.29 is 17.9 Å². The number of benzene rings is 3. The molecule has 5 rings (SSSR count). The van der Waals surface area contributed by atoms with Crippen LogP contribution in [0, 0.1) is 11.8 Å². The molecule has 0 aliphatic carbocycles. The number of halogens is 3. The number of ether oxygens (including phenoxy) is 1. The molecule has 0 fully saturated rings. The molecule has 1 unspecified atom stereocenters. The molecular formula is C28H21F3N4OS. The molecule has 0 bridgehead atoms. The van der Waals surface area contributed by atoms with Crippen LogP contribution in [0.2, 0.25) is 0 Å². The van der Waals surface area contributed by atoms with E-state index in [0.29, 0.717) is 23.6 Å². The van der Waals surface area contributed by atoms with Crippen molar-refractivity contribution in [2.24, 2.45) is 0 Å². The van der Waals surface area contributed by atoms with Crippen LogP contribution in [0.5, 0.6) is 5.75 Å². The molecule has 5 aromatic rings. The second-order valence-corrected chi connectivity index (χ2v) is 9.27. The summed E-state index contributed by atoms with van der Waals surface area (Å²) in [6.45, 7) is 2.07. The summed E-state index contributed by atoms with van der Waals surface area (Å²) in [5, 5.41) is 16.6. The zero-order chi connectivity index (χ0) is 25.8. The van der Waals surface area contributed by atoms with Crippen molar-refractivity contribution in [2.45, 2.75) is 32.0 Å². The van der Waals surface area contributed by atoms with Crippen LogP contribution in [0.15, 0.2) is 72.1 Å². The Hall–Kier alpha value is -4.16. The highest BCUT2D eigenvalue weighted by molar-refractivity contribution is 7.17. The van der Waals surface area contributed by atoms with Crippen LogP contribution in [-0.2, 0) is 19.2 Å². The minimum Gasteiger partial charge on any atom is -0.489 e. The lowest BCUT2D eigenvalue weighted by molar-refractivity contribution is -0.137. The fourth-order valence-corrected chi connectivity index (χ4v) is 5.12. The summed E-state index contributed by atoms with van der Waals surface area (Å²) < 4.78 is 47.7. The van der Waals surface area contributed by atoms with Gasteiger partial charge in [-0.1, -0.05) is 47.5 Å². The Balaban J connectivity index is 1.33. The number of aromatic amines is 1. The zero-order valence-corrected chi connectivity index (χ0v) is 20.5. The van der Waals surface area contributed by atoms with Gasteiger partial charge < -0.3 is 4.74 Å². The molecule has 0 saturated carbocycles. The standard InChI is InChI=1S/C28H21F3N4OS/c1-2-5-20(15-27-32-34-35-33-27)19-9-11-21(12-10-19)36-16-18-8-13-26-23(14-18)24(17-37-26)22-6-3-4-7-25(22)28(29,30)31/h3-4,6-14,17,20H,15-16H2,1H3,(H,32,33,34,35). The first-order chi connectivity index (χ1) is 17.9. The summed E-state index contributed by atoms with van der Waals surface area (Å²) in [6.07, 6.45) is -3.89. The summed E-state index contributed by atoms with van der Waals surface area (Å²) in [7, 11) is 0. The number of alkyl halides is 3. The van der Waals surface area contributed by atoms with Gasteiger partial charge in [-0.25, -0.2) is 0 Å². The third-order valence-corrected chi connectivity index (χ3v) is 6.91. The van der Waals surface area contributed by atoms with Gasteiger partial charge in [0.05, 0.1) is 11.5 Å². The van der Waals surface area contributed by atoms with Crippen molar-refractivity contribution >= 4 is 21.4 Å². The van der Waals surface area contributed by atoms with Crippen molar-refractivity contribution in [3.8, 4) is 28.7 Å². The van der Waals surface area contributed by atoms with Crippen molar-refractivity contribution in [1.82, 2.24) is 20.6 Å². The monoisotopic (exact) mass is 518 g/mol. The van der Waals surface area contributed by atoms with E-state index >= 15 is 0 Å². The van der Waals surface area contributed by atoms with Gasteiger partial charge in [0.2, 0.25) is 0 Å². The average Bonchev–Trinajstić information content (AvgIpc) is 3.57. The van der Waals surface area contributed by atoms with E-state index < -0.39 is 11.7 Å². The van der Waals surface area contributed by atoms with Crippen LogP contribution >= 0.6 is 11.3 Å². The van der Waals surface area contributed by atoms with Crippen LogP contribution < -0.4 is 4.74 Å². The summed E-state index contributed by atoms with van der Waals surface area (Å²) in [5.74, 6) is 7.33. The van der Waals surface area contributed by atoms with Gasteiger partial charge in [-0.05, 0) is 59.3 Å². The van der Waals surface area contributed by atoms with E-state index in [9.17, 15) is 13.2 Å². The lowest BCUT2D eigenvalue weighted by Crippen LogP contribution is -2.06. The minimum absolute atomic E-state index is 0.0735. The molecular weight excluding hydrogens is 497 g/mol. The van der Waals surface area contributed by atoms with E-state index in [1.165, 1.54) is 23.5 Å². The van der Waals surface area contributed by atoms with Crippen LogP contribution in [0.4, 0.5) is 13.2 Å². The van der Waals surface area contributed by atoms with E-state index in [1.54, 1.807) is 18.4 Å². The third-order valence-electron chi connectivity index (χ3n) is 5.94. The zero-order valence-electron chi connectivity index (χ0n) is 19.7. The molecule has 2 aromatic heterocycles. The lowest BCUT2D eigenvalue weighted by Gasteiger charge is -2.13. The van der Waals surface area contributed by atoms with E-state index in [4.69, 9.17) is 4.74 Å². The number of hydrogen-bond acceptors (Lipinski definition) is 5. The lowest BCUT2D eigenvalue weighted by atomic mass is 9.96. The van der Waals surface area contributed by atoms with Gasteiger partial charge >= 0.3 is 6.18 Å². The van der Waals surface area contributed by atoms with Crippen LogP contribution in [0.25, 0.3) is 21.2 Å². The molecule has 3 aromatic carbocycles. The molecule has 186 valence electrons. The molecule has 0 amide bonds. The highest BCUT2D eigenvalue weighted by Gasteiger charge is 2.33. The predicted molar refractivity (Wildman–Crippen MR) is 137 cm³/mol. The molecule has 9 heteroatoms. The highest BCUT2D eigenvalue weighted by atomic mass is 32.1. The van der Waals surface area contributed by atoms with Crippen LogP contribution in [0.3, 0.4) is 0 Å². The normalized spacial score (nSPS) is 12.2. The molecule has 0 aliphatic heterocycles. The Bertz CT molecular complexity index is 1570. The number of nitrogens with one attached hydrogen (secondary N) is 1. The molecule has 1 atom stereocenters. The Morgan fingerprint density at radius 2 is 1.84 bits per heavy atom. The van der Waals surface area contributed by atoms with Crippen molar-refractivity contribution in [3.05, 3.63) is 94.6 Å². The number of fused-ring (bicyclic) bond motifs is 1. The quantitative estimate of drug-likeness (QED) is 0.235. The van der Waals surface area contributed by atoms with Gasteiger partial charge in [0.25, 0.3) is 0 Å². The molecule has 2 heterocycles. The van der Waals surface area contributed by atoms with E-state index in [0.717, 1.165) is 27.3 Å². The minimum atomic E-state index is -4.43. The fraction of sp³-hybridized carbons (Fsp3) is 0.179. The summed E-state index contributed by atoms with van der Waals surface area (Å²) in [6, 6.07) is 19.1. The van der Waals surface area contributed by atoms with Gasteiger partial charge in [-0.3, -0.25) is 0 Å². The third kappa shape index (κ3) is 5.49. The maximum absolute atomic E-state index is 13.6. The molecule has 0 radical (unpaired) electrons. The summed E-state index contributed by atoms with van der Waals surface area (Å²) in [5.41, 5.74) is 2.00. The van der Waals surface area contributed by atoms with E-state index in [1.807, 2.05) is 42.5 Å². The summed E-state index contributed by atoms with van der Waals surface area (Å²) in [4.78, 5) is 0. The van der Waals surface area contributed by atoms with Crippen molar-refractivity contribution in [2.75, 3.05) is 0 Å². The largest absolute Gasteiger partial charge is 0.489 e. The number of nitrogens with zero attached hydrogens (tertiary/aromatic N) is 3. The smallest absolute Gasteiger partial charge is 0.417 e. The maximum atomic E-state index is 13.6. The molecule has 37 heavy (non-hydrogen) atoms. The summed E-state index contributed by atoms with van der Waals surface area (Å²) >= 11 is 1.43. The average molecular weight is 519 g/mol. The van der Waals surface area contributed by atoms with Gasteiger partial charge in [0, 0.05) is 22.1 Å². The Morgan fingerprint density at radius 1 is 1.03 bits per heavy atom. The Morgan fingerprint density at radius 3 is 2.57 bits per heavy atom. The number of thiophene rings is 1. The predicted octanol–water partition coefficient (Wildman–Crippen LogP) is 7.03. The van der Waals surface area contributed by atoms with Crippen molar-refractivity contribution in [1.29, 1.82) is 0 Å². The number of rotatable bonds is 7. The Labute approximate surface area is 215 Å². The van der Waals surface area contributed by atoms with Gasteiger partial charge in [-0.15, -0.1) is 27.5 Å². The number of H-pyrrole nitrogens is 1. The molecule has 5 nitrogen and oxygen atoms in total. The number of hydrogen-bond donors (Lipinski definition) is 1. The van der Waals surface area contributed by atoms with Gasteiger partial charge in [0.1, 0.15) is 12.4 Å². The highest BCUT2D eigenvalue weighted by Crippen LogP contribution is 2.41. The van der Waals surface area contributed by atoms with E-state index in [2.05, 4.69) is 32.5 Å². The second kappa shape index (κ2) is 10.4. The second-order valence-electron chi connectivity index (χ2n) is 8.36. The SMILES string of the molecule is CC#CC(Cc1nn[nH]n1)c1ccc(OCc2ccc3scc(-c4ccccc4C(F)(F)F)c3c2)cc1. The van der Waals surface area contributed by atoms with Gasteiger partial charge in [0.15, 0.2) is 5.82 Å². The topological polar surface area (TPSA) is 63.7 Å². The maximum Gasteiger partial charge on any atom is 0.417 e. The molecule has 0 saturated heterocycles. The molecule has 0 aliphatic rings. The number of aromatic nitrogens is 4. The first-order valence-corrected chi connectivity index (χ1v) is 12.3.